The molecule has 1 aliphatic rings. The molecule has 144 valence electrons. The van der Waals surface area contributed by atoms with Crippen molar-refractivity contribution in [1.29, 1.82) is 0 Å². The number of nitrogens with one attached hydrogen (secondary N) is 2. The number of pyridine rings is 1. The van der Waals surface area contributed by atoms with E-state index in [4.69, 9.17) is 0 Å². The van der Waals surface area contributed by atoms with Crippen LogP contribution < -0.4 is 10.9 Å². The first-order valence-electron chi connectivity index (χ1n) is 9.71. The molecule has 6 nitrogen and oxygen atoms in total. The Kier molecular flexibility index (Phi) is 4.24. The van der Waals surface area contributed by atoms with Gasteiger partial charge >= 0.3 is 0 Å². The van der Waals surface area contributed by atoms with Crippen molar-refractivity contribution in [2.24, 2.45) is 0 Å². The summed E-state index contributed by atoms with van der Waals surface area (Å²) in [6, 6.07) is 13.2. The number of H-pyrrole nitrogens is 1. The van der Waals surface area contributed by atoms with E-state index in [2.05, 4.69) is 15.3 Å². The monoisotopic (exact) mass is 384 g/mol. The molecule has 0 unspecified atom stereocenters. The van der Waals surface area contributed by atoms with Crippen LogP contribution >= 0.6 is 0 Å². The molecular weight excluding hydrogens is 364 g/mol. The molecule has 0 atom stereocenters. The molecule has 0 saturated heterocycles. The fraction of sp³-hybridized carbons (Fsp3) is 0.174. The number of fused-ring (bicyclic) bond motifs is 3. The van der Waals surface area contributed by atoms with Gasteiger partial charge in [0.15, 0.2) is 0 Å². The Bertz CT molecular complexity index is 1250. The fourth-order valence-electron chi connectivity index (χ4n) is 4.03. The maximum Gasteiger partial charge on any atom is 0.255 e. The Morgan fingerprint density at radius 1 is 1.10 bits per heavy atom. The summed E-state index contributed by atoms with van der Waals surface area (Å²) in [6.45, 7) is 0.713. The third-order valence-corrected chi connectivity index (χ3v) is 5.48. The van der Waals surface area contributed by atoms with E-state index in [-0.39, 0.29) is 11.5 Å². The third-order valence-electron chi connectivity index (χ3n) is 5.48. The van der Waals surface area contributed by atoms with E-state index in [0.29, 0.717) is 17.8 Å². The fourth-order valence-corrected chi connectivity index (χ4v) is 4.03. The number of benzene rings is 2. The van der Waals surface area contributed by atoms with Gasteiger partial charge in [-0.15, -0.1) is 0 Å². The van der Waals surface area contributed by atoms with Crippen molar-refractivity contribution < 1.29 is 4.79 Å². The number of aromatic nitrogens is 3. The van der Waals surface area contributed by atoms with Gasteiger partial charge in [-0.3, -0.25) is 9.59 Å². The van der Waals surface area contributed by atoms with E-state index in [1.54, 1.807) is 12.5 Å². The highest BCUT2D eigenvalue weighted by Gasteiger charge is 2.18. The van der Waals surface area contributed by atoms with Crippen LogP contribution in [0.4, 0.5) is 5.69 Å². The normalized spacial score (nSPS) is 12.8. The molecule has 2 N–H and O–H groups in total. The Labute approximate surface area is 167 Å². The number of carbonyl (C=O) groups is 1. The highest BCUT2D eigenvalue weighted by Crippen LogP contribution is 2.27. The summed E-state index contributed by atoms with van der Waals surface area (Å²) in [4.78, 5) is 31.9. The number of aromatic amines is 1. The highest BCUT2D eigenvalue weighted by molar-refractivity contribution is 6.05. The number of rotatable bonds is 4. The van der Waals surface area contributed by atoms with Crippen molar-refractivity contribution >= 4 is 22.5 Å². The number of anilines is 1. The van der Waals surface area contributed by atoms with E-state index in [0.717, 1.165) is 46.9 Å². The number of hydrogen-bond donors (Lipinski definition) is 2. The van der Waals surface area contributed by atoms with Crippen molar-refractivity contribution in [3.63, 3.8) is 0 Å². The zero-order valence-corrected chi connectivity index (χ0v) is 15.8. The summed E-state index contributed by atoms with van der Waals surface area (Å²) in [6.07, 6.45) is 8.21. The number of amides is 1. The van der Waals surface area contributed by atoms with E-state index < -0.39 is 0 Å². The molecule has 1 aliphatic carbocycles. The van der Waals surface area contributed by atoms with Crippen molar-refractivity contribution in [1.82, 2.24) is 14.5 Å². The van der Waals surface area contributed by atoms with Gasteiger partial charge in [0.2, 0.25) is 0 Å². The van der Waals surface area contributed by atoms with Gasteiger partial charge in [-0.2, -0.15) is 0 Å². The quantitative estimate of drug-likeness (QED) is 0.565. The minimum Gasteiger partial charge on any atom is -0.333 e. The van der Waals surface area contributed by atoms with Gasteiger partial charge in [-0.1, -0.05) is 18.2 Å². The van der Waals surface area contributed by atoms with E-state index in [9.17, 15) is 9.59 Å². The number of aryl methyl sites for hydroxylation is 1. The zero-order valence-electron chi connectivity index (χ0n) is 15.8. The van der Waals surface area contributed by atoms with Gasteiger partial charge in [0.1, 0.15) is 0 Å². The Morgan fingerprint density at radius 2 is 1.93 bits per heavy atom. The maximum absolute atomic E-state index is 12.6. The standard InChI is InChI=1S/C23H20N4O2/c28-22(16-6-4-15(5-7-16)13-27-11-10-24-14-27)25-17-8-9-19-18-2-1-3-20(18)23(29)26-21(19)12-17/h4-12,14H,1-3,13H2,(H,25,28)(H,26,29). The first kappa shape index (κ1) is 17.4. The van der Waals surface area contributed by atoms with E-state index in [1.807, 2.05) is 53.2 Å². The molecule has 4 aromatic rings. The van der Waals surface area contributed by atoms with Crippen molar-refractivity contribution in [3.8, 4) is 0 Å². The summed E-state index contributed by atoms with van der Waals surface area (Å²) in [7, 11) is 0. The van der Waals surface area contributed by atoms with Crippen LogP contribution in [0.1, 0.15) is 33.5 Å². The molecular formula is C23H20N4O2. The van der Waals surface area contributed by atoms with E-state index >= 15 is 0 Å². The number of hydrogen-bond acceptors (Lipinski definition) is 3. The topological polar surface area (TPSA) is 79.8 Å². The predicted octanol–water partition coefficient (Wildman–Crippen LogP) is 3.51. The summed E-state index contributed by atoms with van der Waals surface area (Å²) >= 11 is 0. The number of carbonyl (C=O) groups excluding carboxylic acids is 1. The van der Waals surface area contributed by atoms with Gasteiger partial charge < -0.3 is 14.9 Å². The third kappa shape index (κ3) is 3.33. The summed E-state index contributed by atoms with van der Waals surface area (Å²) in [5.41, 5.74) is 5.16. The predicted molar refractivity (Wildman–Crippen MR) is 112 cm³/mol. The van der Waals surface area contributed by atoms with Crippen LogP contribution in [0.3, 0.4) is 0 Å². The molecule has 29 heavy (non-hydrogen) atoms. The average molecular weight is 384 g/mol. The minimum atomic E-state index is -0.179. The van der Waals surface area contributed by atoms with Crippen LogP contribution in [-0.4, -0.2) is 20.4 Å². The Balaban J connectivity index is 1.35. The van der Waals surface area contributed by atoms with Crippen LogP contribution in [0.15, 0.2) is 66.0 Å². The van der Waals surface area contributed by atoms with Crippen LogP contribution in [0.5, 0.6) is 0 Å². The second-order valence-corrected chi connectivity index (χ2v) is 7.41. The molecule has 1 amide bonds. The molecule has 2 heterocycles. The van der Waals surface area contributed by atoms with Gasteiger partial charge in [-0.25, -0.2) is 4.98 Å². The lowest BCUT2D eigenvalue weighted by Gasteiger charge is -2.10. The molecule has 0 fully saturated rings. The van der Waals surface area contributed by atoms with Crippen LogP contribution in [0, 0.1) is 0 Å². The molecule has 0 spiro atoms. The number of nitrogens with zero attached hydrogens (tertiary/aromatic N) is 2. The Hall–Kier alpha value is -3.67. The number of imidazole rings is 1. The van der Waals surface area contributed by atoms with Gasteiger partial charge in [0, 0.05) is 41.1 Å². The molecule has 2 aromatic carbocycles. The molecule has 5 rings (SSSR count). The first-order valence-corrected chi connectivity index (χ1v) is 9.71. The largest absolute Gasteiger partial charge is 0.333 e. The molecule has 0 bridgehead atoms. The second-order valence-electron chi connectivity index (χ2n) is 7.41. The maximum atomic E-state index is 12.6. The van der Waals surface area contributed by atoms with Gasteiger partial charge in [0.05, 0.1) is 11.8 Å². The SMILES string of the molecule is O=C(Nc1ccc2c3c(c(=O)[nH]c2c1)CCC3)c1ccc(Cn2ccnc2)cc1. The van der Waals surface area contributed by atoms with Crippen molar-refractivity contribution in [2.45, 2.75) is 25.8 Å². The smallest absolute Gasteiger partial charge is 0.255 e. The first-order chi connectivity index (χ1) is 14.2. The molecule has 0 aliphatic heterocycles. The zero-order chi connectivity index (χ0) is 19.8. The molecule has 2 aromatic heterocycles. The second kappa shape index (κ2) is 7.05. The van der Waals surface area contributed by atoms with Gasteiger partial charge in [-0.05, 0) is 54.7 Å². The molecule has 0 saturated carbocycles. The lowest BCUT2D eigenvalue weighted by molar-refractivity contribution is 0.102. The highest BCUT2D eigenvalue weighted by atomic mass is 16.1. The lowest BCUT2D eigenvalue weighted by Crippen LogP contribution is -2.14. The molecule has 0 radical (unpaired) electrons. The average Bonchev–Trinajstić information content (AvgIpc) is 3.41. The summed E-state index contributed by atoms with van der Waals surface area (Å²) in [5, 5.41) is 3.99. The summed E-state index contributed by atoms with van der Waals surface area (Å²) in [5.74, 6) is -0.179. The molecule has 6 heteroatoms. The van der Waals surface area contributed by atoms with Crippen LogP contribution in [-0.2, 0) is 19.4 Å². The van der Waals surface area contributed by atoms with Crippen molar-refractivity contribution in [3.05, 3.63) is 93.8 Å². The van der Waals surface area contributed by atoms with Crippen LogP contribution in [0.25, 0.3) is 10.9 Å². The Morgan fingerprint density at radius 3 is 2.72 bits per heavy atom. The summed E-state index contributed by atoms with van der Waals surface area (Å²) < 4.78 is 1.97. The van der Waals surface area contributed by atoms with Gasteiger partial charge in [0.25, 0.3) is 11.5 Å². The van der Waals surface area contributed by atoms with E-state index in [1.165, 1.54) is 0 Å². The van der Waals surface area contributed by atoms with Crippen molar-refractivity contribution in [2.75, 3.05) is 5.32 Å². The lowest BCUT2D eigenvalue weighted by atomic mass is 10.1. The van der Waals surface area contributed by atoms with Crippen LogP contribution in [0.2, 0.25) is 0 Å². The minimum absolute atomic E-state index is 0.0121.